The van der Waals surface area contributed by atoms with Gasteiger partial charge in [0, 0.05) is 26.7 Å². The zero-order chi connectivity index (χ0) is 13.1. The van der Waals surface area contributed by atoms with Gasteiger partial charge in [-0.25, -0.2) is 0 Å². The summed E-state index contributed by atoms with van der Waals surface area (Å²) < 4.78 is 0. The Hall–Kier alpha value is -1.06. The third kappa shape index (κ3) is 2.85. The molecular weight excluding hydrogens is 228 g/mol. The maximum absolute atomic E-state index is 12.1. The molecule has 0 aromatic rings. The van der Waals surface area contributed by atoms with E-state index < -0.39 is 0 Å². The van der Waals surface area contributed by atoms with E-state index in [1.54, 1.807) is 4.90 Å². The quantitative estimate of drug-likeness (QED) is 0.744. The van der Waals surface area contributed by atoms with Gasteiger partial charge in [-0.05, 0) is 25.7 Å². The smallest absolute Gasteiger partial charge is 0.226 e. The first-order chi connectivity index (χ1) is 8.65. The van der Waals surface area contributed by atoms with E-state index >= 15 is 0 Å². The van der Waals surface area contributed by atoms with Crippen molar-refractivity contribution in [2.24, 2.45) is 11.8 Å². The second-order valence-corrected chi connectivity index (χ2v) is 5.59. The summed E-state index contributed by atoms with van der Waals surface area (Å²) in [6.07, 6.45) is 5.14. The molecule has 2 unspecified atom stereocenters. The highest BCUT2D eigenvalue weighted by Crippen LogP contribution is 2.41. The molecule has 1 saturated carbocycles. The first-order valence-electron chi connectivity index (χ1n) is 7.19. The standard InChI is InChI=1S/C14H24N2O2/c1-3-4-7-15(2)13(17)11-10-12(11)14(18)16-8-5-6-9-16/h11-12H,3-10H2,1-2H3. The van der Waals surface area contributed by atoms with Crippen molar-refractivity contribution in [1.82, 2.24) is 9.80 Å². The van der Waals surface area contributed by atoms with E-state index in [0.717, 1.165) is 51.7 Å². The molecule has 2 fully saturated rings. The molecule has 1 aliphatic heterocycles. The van der Waals surface area contributed by atoms with Gasteiger partial charge in [0.2, 0.25) is 11.8 Å². The fraction of sp³-hybridized carbons (Fsp3) is 0.857. The first kappa shape index (κ1) is 13.4. The normalized spacial score (nSPS) is 26.2. The predicted octanol–water partition coefficient (Wildman–Crippen LogP) is 1.50. The van der Waals surface area contributed by atoms with Crippen LogP contribution in [0.1, 0.15) is 39.0 Å². The minimum atomic E-state index is -0.0278. The van der Waals surface area contributed by atoms with E-state index in [1.165, 1.54) is 0 Å². The molecule has 1 heterocycles. The van der Waals surface area contributed by atoms with Gasteiger partial charge < -0.3 is 9.80 Å². The van der Waals surface area contributed by atoms with Crippen LogP contribution in [0, 0.1) is 11.8 Å². The van der Waals surface area contributed by atoms with Gasteiger partial charge in [-0.3, -0.25) is 9.59 Å². The Balaban J connectivity index is 1.79. The molecule has 1 saturated heterocycles. The molecule has 0 radical (unpaired) electrons. The van der Waals surface area contributed by atoms with E-state index in [2.05, 4.69) is 6.92 Å². The lowest BCUT2D eigenvalue weighted by Gasteiger charge is -2.18. The highest BCUT2D eigenvalue weighted by Gasteiger charge is 2.50. The topological polar surface area (TPSA) is 40.6 Å². The molecule has 2 rings (SSSR count). The molecule has 0 aromatic carbocycles. The molecular formula is C14H24N2O2. The van der Waals surface area contributed by atoms with Crippen molar-refractivity contribution in [3.05, 3.63) is 0 Å². The van der Waals surface area contributed by atoms with Gasteiger partial charge in [-0.1, -0.05) is 13.3 Å². The number of carbonyl (C=O) groups excluding carboxylic acids is 2. The monoisotopic (exact) mass is 252 g/mol. The Morgan fingerprint density at radius 1 is 1.22 bits per heavy atom. The van der Waals surface area contributed by atoms with Crippen molar-refractivity contribution < 1.29 is 9.59 Å². The van der Waals surface area contributed by atoms with Crippen molar-refractivity contribution in [1.29, 1.82) is 0 Å². The van der Waals surface area contributed by atoms with Gasteiger partial charge >= 0.3 is 0 Å². The molecule has 4 nitrogen and oxygen atoms in total. The molecule has 0 aromatic heterocycles. The van der Waals surface area contributed by atoms with Gasteiger partial charge in [-0.2, -0.15) is 0 Å². The highest BCUT2D eigenvalue weighted by molar-refractivity contribution is 5.92. The zero-order valence-corrected chi connectivity index (χ0v) is 11.5. The van der Waals surface area contributed by atoms with Crippen molar-refractivity contribution in [2.45, 2.75) is 39.0 Å². The number of likely N-dealkylation sites (tertiary alicyclic amines) is 1. The minimum Gasteiger partial charge on any atom is -0.346 e. The van der Waals surface area contributed by atoms with Crippen molar-refractivity contribution in [3.8, 4) is 0 Å². The summed E-state index contributed by atoms with van der Waals surface area (Å²) in [5.41, 5.74) is 0. The lowest BCUT2D eigenvalue weighted by Crippen LogP contribution is -2.33. The summed E-state index contributed by atoms with van der Waals surface area (Å²) in [7, 11) is 1.85. The van der Waals surface area contributed by atoms with E-state index in [1.807, 2.05) is 11.9 Å². The molecule has 4 heteroatoms. The van der Waals surface area contributed by atoms with Gasteiger partial charge in [-0.15, -0.1) is 0 Å². The van der Waals surface area contributed by atoms with E-state index in [0.29, 0.717) is 0 Å². The Bertz CT molecular complexity index is 324. The number of nitrogens with zero attached hydrogens (tertiary/aromatic N) is 2. The molecule has 2 amide bonds. The molecule has 0 spiro atoms. The molecule has 0 bridgehead atoms. The zero-order valence-electron chi connectivity index (χ0n) is 11.5. The van der Waals surface area contributed by atoms with E-state index in [4.69, 9.17) is 0 Å². The van der Waals surface area contributed by atoms with Crippen LogP contribution in [0.4, 0.5) is 0 Å². The number of carbonyl (C=O) groups is 2. The number of unbranched alkanes of at least 4 members (excludes halogenated alkanes) is 1. The van der Waals surface area contributed by atoms with Crippen LogP contribution in [0.5, 0.6) is 0 Å². The maximum Gasteiger partial charge on any atom is 0.226 e. The SMILES string of the molecule is CCCCN(C)C(=O)C1CC1C(=O)N1CCCC1. The number of hydrogen-bond acceptors (Lipinski definition) is 2. The van der Waals surface area contributed by atoms with Crippen LogP contribution in [0.15, 0.2) is 0 Å². The van der Waals surface area contributed by atoms with Crippen LogP contribution in [0.2, 0.25) is 0 Å². The summed E-state index contributed by atoms with van der Waals surface area (Å²) in [5, 5.41) is 0. The second kappa shape index (κ2) is 5.72. The lowest BCUT2D eigenvalue weighted by atomic mass is 10.2. The summed E-state index contributed by atoms with van der Waals surface area (Å²) in [4.78, 5) is 27.9. The van der Waals surface area contributed by atoms with Crippen LogP contribution in [0.25, 0.3) is 0 Å². The fourth-order valence-electron chi connectivity index (χ4n) is 2.70. The van der Waals surface area contributed by atoms with Crippen LogP contribution in [-0.4, -0.2) is 48.3 Å². The summed E-state index contributed by atoms with van der Waals surface area (Å²) in [5.74, 6) is 0.343. The van der Waals surface area contributed by atoms with Gasteiger partial charge in [0.25, 0.3) is 0 Å². The first-order valence-corrected chi connectivity index (χ1v) is 7.19. The Morgan fingerprint density at radius 3 is 2.50 bits per heavy atom. The molecule has 2 atom stereocenters. The number of rotatable bonds is 5. The van der Waals surface area contributed by atoms with Crippen molar-refractivity contribution >= 4 is 11.8 Å². The van der Waals surface area contributed by atoms with Crippen molar-refractivity contribution in [2.75, 3.05) is 26.7 Å². The number of amides is 2. The van der Waals surface area contributed by atoms with E-state index in [-0.39, 0.29) is 23.7 Å². The predicted molar refractivity (Wildman–Crippen MR) is 70.0 cm³/mol. The van der Waals surface area contributed by atoms with Gasteiger partial charge in [0.1, 0.15) is 0 Å². The largest absolute Gasteiger partial charge is 0.346 e. The summed E-state index contributed by atoms with van der Waals surface area (Å²) in [6, 6.07) is 0. The minimum absolute atomic E-state index is 0.0142. The Morgan fingerprint density at radius 2 is 1.89 bits per heavy atom. The van der Waals surface area contributed by atoms with E-state index in [9.17, 15) is 9.59 Å². The second-order valence-electron chi connectivity index (χ2n) is 5.59. The summed E-state index contributed by atoms with van der Waals surface area (Å²) >= 11 is 0. The average molecular weight is 252 g/mol. The van der Waals surface area contributed by atoms with Crippen molar-refractivity contribution in [3.63, 3.8) is 0 Å². The van der Waals surface area contributed by atoms with Crippen LogP contribution in [-0.2, 0) is 9.59 Å². The van der Waals surface area contributed by atoms with Crippen LogP contribution >= 0.6 is 0 Å². The van der Waals surface area contributed by atoms with Crippen LogP contribution in [0.3, 0.4) is 0 Å². The fourth-order valence-corrected chi connectivity index (χ4v) is 2.70. The Labute approximate surface area is 109 Å². The molecule has 1 aliphatic carbocycles. The third-order valence-electron chi connectivity index (χ3n) is 4.07. The lowest BCUT2D eigenvalue weighted by molar-refractivity contribution is -0.136. The Kier molecular flexibility index (Phi) is 4.25. The number of hydrogen-bond donors (Lipinski definition) is 0. The third-order valence-corrected chi connectivity index (χ3v) is 4.07. The summed E-state index contributed by atoms with van der Waals surface area (Å²) in [6.45, 7) is 4.72. The highest BCUT2D eigenvalue weighted by atomic mass is 16.2. The molecule has 2 aliphatic rings. The average Bonchev–Trinajstić information content (AvgIpc) is 2.99. The van der Waals surface area contributed by atoms with Crippen LogP contribution < -0.4 is 0 Å². The molecule has 18 heavy (non-hydrogen) atoms. The van der Waals surface area contributed by atoms with Gasteiger partial charge in [0.15, 0.2) is 0 Å². The molecule has 0 N–H and O–H groups in total. The maximum atomic E-state index is 12.1. The van der Waals surface area contributed by atoms with Gasteiger partial charge in [0.05, 0.1) is 11.8 Å². The molecule has 102 valence electrons.